The molecule has 1 aromatic rings. The summed E-state index contributed by atoms with van der Waals surface area (Å²) in [4.78, 5) is 15.6. The van der Waals surface area contributed by atoms with E-state index in [9.17, 15) is 4.79 Å². The van der Waals surface area contributed by atoms with Crippen molar-refractivity contribution in [2.45, 2.75) is 13.5 Å². The van der Waals surface area contributed by atoms with E-state index in [0.29, 0.717) is 19.1 Å². The molecule has 3 heterocycles. The average molecular weight is 322 g/mol. The molecule has 0 aliphatic carbocycles. The number of aryl methyl sites for hydroxylation is 1. The number of furan rings is 1. The topological polar surface area (TPSA) is 55.2 Å². The second-order valence-electron chi connectivity index (χ2n) is 7.04. The Hall–Kier alpha value is -1.37. The van der Waals surface area contributed by atoms with E-state index in [-0.39, 0.29) is 17.9 Å². The monoisotopic (exact) mass is 322 g/mol. The van der Waals surface area contributed by atoms with Crippen LogP contribution in [0.1, 0.15) is 11.5 Å². The van der Waals surface area contributed by atoms with Gasteiger partial charge in [0.2, 0.25) is 5.91 Å². The van der Waals surface area contributed by atoms with Crippen LogP contribution in [-0.2, 0) is 20.8 Å². The Morgan fingerprint density at radius 3 is 3.00 bits per heavy atom. The Labute approximate surface area is 137 Å². The zero-order chi connectivity index (χ0) is 16.4. The van der Waals surface area contributed by atoms with Crippen LogP contribution in [0.4, 0.5) is 0 Å². The molecule has 2 saturated heterocycles. The largest absolute Gasteiger partial charge is 0.465 e. The van der Waals surface area contributed by atoms with E-state index in [1.54, 1.807) is 19.0 Å². The number of fused-ring (bicyclic) bond motifs is 1. The van der Waals surface area contributed by atoms with Crippen LogP contribution in [0.15, 0.2) is 16.5 Å². The van der Waals surface area contributed by atoms with Gasteiger partial charge < -0.3 is 18.8 Å². The van der Waals surface area contributed by atoms with E-state index in [1.807, 2.05) is 19.1 Å². The summed E-state index contributed by atoms with van der Waals surface area (Å²) in [7, 11) is 3.49. The number of carbonyl (C=O) groups is 1. The van der Waals surface area contributed by atoms with Crippen LogP contribution < -0.4 is 0 Å². The maximum atomic E-state index is 11.7. The first kappa shape index (κ1) is 16.5. The van der Waals surface area contributed by atoms with Crippen molar-refractivity contribution in [3.05, 3.63) is 23.7 Å². The fraction of sp³-hybridized carbons (Fsp3) is 0.706. The second-order valence-corrected chi connectivity index (χ2v) is 7.04. The molecule has 2 aliphatic rings. The van der Waals surface area contributed by atoms with Crippen molar-refractivity contribution in [2.24, 2.45) is 11.3 Å². The first-order valence-corrected chi connectivity index (χ1v) is 8.12. The lowest BCUT2D eigenvalue weighted by molar-refractivity contribution is -0.135. The third-order valence-corrected chi connectivity index (χ3v) is 4.88. The molecular weight excluding hydrogens is 296 g/mol. The van der Waals surface area contributed by atoms with Gasteiger partial charge in [0.15, 0.2) is 0 Å². The highest BCUT2D eigenvalue weighted by Crippen LogP contribution is 2.42. The van der Waals surface area contributed by atoms with E-state index in [0.717, 1.165) is 37.8 Å². The number of hydrogen-bond donors (Lipinski definition) is 0. The molecule has 1 amide bonds. The summed E-state index contributed by atoms with van der Waals surface area (Å²) in [5, 5.41) is 0. The Bertz CT molecular complexity index is 557. The van der Waals surface area contributed by atoms with Crippen molar-refractivity contribution < 1.29 is 18.7 Å². The average Bonchev–Trinajstić information content (AvgIpc) is 3.13. The summed E-state index contributed by atoms with van der Waals surface area (Å²) >= 11 is 0. The van der Waals surface area contributed by atoms with E-state index in [1.165, 1.54) is 0 Å². The highest BCUT2D eigenvalue weighted by Gasteiger charge is 2.50. The predicted molar refractivity (Wildman–Crippen MR) is 85.0 cm³/mol. The molecule has 0 spiro atoms. The molecule has 23 heavy (non-hydrogen) atoms. The molecule has 0 aromatic carbocycles. The van der Waals surface area contributed by atoms with Crippen molar-refractivity contribution in [2.75, 3.05) is 53.6 Å². The normalized spacial score (nSPS) is 27.3. The Kier molecular flexibility index (Phi) is 4.75. The molecule has 0 bridgehead atoms. The minimum Gasteiger partial charge on any atom is -0.465 e. The molecular formula is C17H26N2O4. The van der Waals surface area contributed by atoms with Gasteiger partial charge in [0.1, 0.15) is 18.1 Å². The summed E-state index contributed by atoms with van der Waals surface area (Å²) in [6.07, 6.45) is 0. The molecule has 0 saturated carbocycles. The third-order valence-electron chi connectivity index (χ3n) is 4.88. The SMILES string of the molecule is Cc1ccc(CN2C[C@@H]3COC[C@]3(COCC(=O)N(C)C)C2)o1. The zero-order valence-corrected chi connectivity index (χ0v) is 14.2. The summed E-state index contributed by atoms with van der Waals surface area (Å²) in [6, 6.07) is 4.04. The van der Waals surface area contributed by atoms with Crippen molar-refractivity contribution in [3.8, 4) is 0 Å². The molecule has 0 radical (unpaired) electrons. The predicted octanol–water partition coefficient (Wildman–Crippen LogP) is 1.14. The van der Waals surface area contributed by atoms with Gasteiger partial charge in [-0.25, -0.2) is 0 Å². The van der Waals surface area contributed by atoms with Crippen LogP contribution in [-0.4, -0.2) is 69.3 Å². The summed E-state index contributed by atoms with van der Waals surface area (Å²) in [5.41, 5.74) is 0.00817. The van der Waals surface area contributed by atoms with E-state index >= 15 is 0 Å². The zero-order valence-electron chi connectivity index (χ0n) is 14.2. The Morgan fingerprint density at radius 2 is 2.30 bits per heavy atom. The Balaban J connectivity index is 1.56. The van der Waals surface area contributed by atoms with Gasteiger partial charge in [0.25, 0.3) is 0 Å². The van der Waals surface area contributed by atoms with Gasteiger partial charge in [-0.15, -0.1) is 0 Å². The fourth-order valence-electron chi connectivity index (χ4n) is 3.53. The lowest BCUT2D eigenvalue weighted by atomic mass is 9.82. The number of ether oxygens (including phenoxy) is 2. The van der Waals surface area contributed by atoms with Gasteiger partial charge in [0, 0.05) is 38.5 Å². The molecule has 6 nitrogen and oxygen atoms in total. The molecule has 0 N–H and O–H groups in total. The first-order valence-electron chi connectivity index (χ1n) is 8.12. The van der Waals surface area contributed by atoms with Crippen molar-refractivity contribution in [3.63, 3.8) is 0 Å². The van der Waals surface area contributed by atoms with Gasteiger partial charge in [-0.3, -0.25) is 9.69 Å². The van der Waals surface area contributed by atoms with Gasteiger partial charge in [0.05, 0.1) is 26.4 Å². The highest BCUT2D eigenvalue weighted by molar-refractivity contribution is 5.76. The van der Waals surface area contributed by atoms with Crippen molar-refractivity contribution in [1.82, 2.24) is 9.80 Å². The van der Waals surface area contributed by atoms with Gasteiger partial charge >= 0.3 is 0 Å². The summed E-state index contributed by atoms with van der Waals surface area (Å²) < 4.78 is 17.1. The maximum Gasteiger partial charge on any atom is 0.248 e. The third kappa shape index (κ3) is 3.59. The van der Waals surface area contributed by atoms with Crippen LogP contribution in [0, 0.1) is 18.3 Å². The van der Waals surface area contributed by atoms with E-state index < -0.39 is 0 Å². The molecule has 128 valence electrons. The standard InChI is InChI=1S/C17H26N2O4/c1-13-4-5-15(23-13)7-19-6-14-8-21-11-17(14,10-19)12-22-9-16(20)18(2)3/h4-5,14H,6-12H2,1-3H3/t14-,17+/m1/s1. The highest BCUT2D eigenvalue weighted by atomic mass is 16.5. The van der Waals surface area contributed by atoms with Crippen molar-refractivity contribution >= 4 is 5.91 Å². The van der Waals surface area contributed by atoms with E-state index in [4.69, 9.17) is 13.9 Å². The molecule has 1 aromatic heterocycles. The first-order chi connectivity index (χ1) is 11.0. The minimum atomic E-state index is -0.00206. The quantitative estimate of drug-likeness (QED) is 0.786. The fourth-order valence-corrected chi connectivity index (χ4v) is 3.53. The Morgan fingerprint density at radius 1 is 1.48 bits per heavy atom. The van der Waals surface area contributed by atoms with Crippen LogP contribution >= 0.6 is 0 Å². The van der Waals surface area contributed by atoms with Crippen molar-refractivity contribution in [1.29, 1.82) is 0 Å². The maximum absolute atomic E-state index is 11.7. The smallest absolute Gasteiger partial charge is 0.248 e. The molecule has 0 unspecified atom stereocenters. The molecule has 2 fully saturated rings. The number of rotatable bonds is 6. The molecule has 6 heteroatoms. The summed E-state index contributed by atoms with van der Waals surface area (Å²) in [6.45, 7) is 6.90. The number of amides is 1. The number of carbonyl (C=O) groups excluding carboxylic acids is 1. The second kappa shape index (κ2) is 6.63. The van der Waals surface area contributed by atoms with Crippen LogP contribution in [0.3, 0.4) is 0 Å². The van der Waals surface area contributed by atoms with Crippen LogP contribution in [0.2, 0.25) is 0 Å². The number of likely N-dealkylation sites (N-methyl/N-ethyl adjacent to an activating group) is 1. The molecule has 3 rings (SSSR count). The molecule has 2 atom stereocenters. The summed E-state index contributed by atoms with van der Waals surface area (Å²) in [5.74, 6) is 2.41. The van der Waals surface area contributed by atoms with Crippen LogP contribution in [0.25, 0.3) is 0 Å². The lowest BCUT2D eigenvalue weighted by Crippen LogP contribution is -2.37. The minimum absolute atomic E-state index is 0.00206. The number of nitrogens with zero attached hydrogens (tertiary/aromatic N) is 2. The van der Waals surface area contributed by atoms with Gasteiger partial charge in [-0.05, 0) is 19.1 Å². The molecule has 2 aliphatic heterocycles. The number of hydrogen-bond acceptors (Lipinski definition) is 5. The lowest BCUT2D eigenvalue weighted by Gasteiger charge is -2.27. The van der Waals surface area contributed by atoms with Gasteiger partial charge in [-0.2, -0.15) is 0 Å². The van der Waals surface area contributed by atoms with Crippen LogP contribution in [0.5, 0.6) is 0 Å². The van der Waals surface area contributed by atoms with Gasteiger partial charge in [-0.1, -0.05) is 0 Å². The number of likely N-dealkylation sites (tertiary alicyclic amines) is 1. The van der Waals surface area contributed by atoms with E-state index in [2.05, 4.69) is 4.90 Å².